The van der Waals surface area contributed by atoms with Gasteiger partial charge in [0.05, 0.1) is 12.7 Å². The highest BCUT2D eigenvalue weighted by Crippen LogP contribution is 2.19. The third-order valence-corrected chi connectivity index (χ3v) is 3.52. The van der Waals surface area contributed by atoms with Gasteiger partial charge in [0.2, 0.25) is 0 Å². The van der Waals surface area contributed by atoms with Crippen LogP contribution in [0.5, 0.6) is 5.75 Å². The van der Waals surface area contributed by atoms with Crippen LogP contribution in [0.15, 0.2) is 36.4 Å². The van der Waals surface area contributed by atoms with E-state index in [0.717, 1.165) is 16.7 Å². The van der Waals surface area contributed by atoms with E-state index in [1.807, 2.05) is 39.0 Å². The van der Waals surface area contributed by atoms with Gasteiger partial charge in [-0.2, -0.15) is 0 Å². The number of aryl methyl sites for hydroxylation is 3. The summed E-state index contributed by atoms with van der Waals surface area (Å²) < 4.78 is 5.17. The number of carbonyl (C=O) groups is 2. The highest BCUT2D eigenvalue weighted by atomic mass is 16.5. The number of carbonyl (C=O) groups excluding carboxylic acids is 2. The van der Waals surface area contributed by atoms with Gasteiger partial charge >= 0.3 is 0 Å². The molecule has 0 aliphatic carbocycles. The predicted molar refractivity (Wildman–Crippen MR) is 88.6 cm³/mol. The molecule has 23 heavy (non-hydrogen) atoms. The van der Waals surface area contributed by atoms with E-state index in [0.29, 0.717) is 16.9 Å². The lowest BCUT2D eigenvalue weighted by molar-refractivity contribution is 0.0844. The van der Waals surface area contributed by atoms with E-state index in [1.54, 1.807) is 18.2 Å². The van der Waals surface area contributed by atoms with Gasteiger partial charge in [0.15, 0.2) is 0 Å². The van der Waals surface area contributed by atoms with Gasteiger partial charge in [0, 0.05) is 5.56 Å². The summed E-state index contributed by atoms with van der Waals surface area (Å²) in [5, 5.41) is 0. The van der Waals surface area contributed by atoms with Crippen molar-refractivity contribution >= 4 is 11.8 Å². The van der Waals surface area contributed by atoms with Crippen molar-refractivity contribution in [3.05, 3.63) is 64.2 Å². The minimum Gasteiger partial charge on any atom is -0.496 e. The number of nitrogens with one attached hydrogen (secondary N) is 2. The molecule has 120 valence electrons. The smallest absolute Gasteiger partial charge is 0.273 e. The standard InChI is InChI=1S/C18H20N2O3/c1-11-5-7-14(13(3)9-11)17(21)19-20-18(22)15-10-12(2)6-8-16(15)23-4/h5-10H,1-4H3,(H,19,21)(H,20,22). The molecule has 0 aliphatic rings. The summed E-state index contributed by atoms with van der Waals surface area (Å²) in [6.45, 7) is 5.69. The number of hydrogen-bond donors (Lipinski definition) is 2. The monoisotopic (exact) mass is 312 g/mol. The van der Waals surface area contributed by atoms with Crippen LogP contribution in [-0.4, -0.2) is 18.9 Å². The lowest BCUT2D eigenvalue weighted by Gasteiger charge is -2.12. The molecule has 2 aromatic rings. The Balaban J connectivity index is 2.10. The summed E-state index contributed by atoms with van der Waals surface area (Å²) in [5.41, 5.74) is 8.60. The summed E-state index contributed by atoms with van der Waals surface area (Å²) in [6.07, 6.45) is 0. The van der Waals surface area contributed by atoms with E-state index >= 15 is 0 Å². The molecule has 2 aromatic carbocycles. The first-order chi connectivity index (χ1) is 10.9. The van der Waals surface area contributed by atoms with E-state index in [9.17, 15) is 9.59 Å². The van der Waals surface area contributed by atoms with E-state index in [4.69, 9.17) is 4.74 Å². The summed E-state index contributed by atoms with van der Waals surface area (Å²) in [4.78, 5) is 24.4. The number of methoxy groups -OCH3 is 1. The Morgan fingerprint density at radius 1 is 0.826 bits per heavy atom. The minimum atomic E-state index is -0.427. The lowest BCUT2D eigenvalue weighted by atomic mass is 10.1. The van der Waals surface area contributed by atoms with Crippen LogP contribution in [0.3, 0.4) is 0 Å². The molecule has 0 fully saturated rings. The summed E-state index contributed by atoms with van der Waals surface area (Å²) in [6, 6.07) is 10.8. The average Bonchev–Trinajstić information content (AvgIpc) is 2.52. The topological polar surface area (TPSA) is 67.4 Å². The largest absolute Gasteiger partial charge is 0.496 e. The van der Waals surface area contributed by atoms with E-state index in [2.05, 4.69) is 10.9 Å². The van der Waals surface area contributed by atoms with Gasteiger partial charge in [-0.25, -0.2) is 0 Å². The molecule has 2 amide bonds. The fraction of sp³-hybridized carbons (Fsp3) is 0.222. The Hall–Kier alpha value is -2.82. The van der Waals surface area contributed by atoms with Gasteiger partial charge in [-0.05, 0) is 44.5 Å². The Morgan fingerprint density at radius 2 is 1.39 bits per heavy atom. The third-order valence-electron chi connectivity index (χ3n) is 3.52. The fourth-order valence-electron chi connectivity index (χ4n) is 2.32. The number of benzene rings is 2. The molecular weight excluding hydrogens is 292 g/mol. The number of amides is 2. The van der Waals surface area contributed by atoms with Crippen LogP contribution in [0.1, 0.15) is 37.4 Å². The number of hydrogen-bond acceptors (Lipinski definition) is 3. The first-order valence-corrected chi connectivity index (χ1v) is 7.25. The maximum atomic E-state index is 12.2. The van der Waals surface area contributed by atoms with Crippen molar-refractivity contribution in [1.29, 1.82) is 0 Å². The second kappa shape index (κ2) is 6.96. The van der Waals surface area contributed by atoms with Crippen LogP contribution in [0.4, 0.5) is 0 Å². The molecule has 0 spiro atoms. The minimum absolute atomic E-state index is 0.359. The quantitative estimate of drug-likeness (QED) is 0.856. The van der Waals surface area contributed by atoms with Crippen molar-refractivity contribution < 1.29 is 14.3 Å². The Bertz CT molecular complexity index is 754. The molecular formula is C18H20N2O3. The first-order valence-electron chi connectivity index (χ1n) is 7.25. The van der Waals surface area contributed by atoms with Gasteiger partial charge in [-0.15, -0.1) is 0 Å². The Labute approximate surface area is 135 Å². The maximum Gasteiger partial charge on any atom is 0.273 e. The average molecular weight is 312 g/mol. The van der Waals surface area contributed by atoms with E-state index in [1.165, 1.54) is 7.11 Å². The molecule has 5 nitrogen and oxygen atoms in total. The molecule has 0 bridgehead atoms. The highest BCUT2D eigenvalue weighted by Gasteiger charge is 2.14. The van der Waals surface area contributed by atoms with Crippen LogP contribution in [0.25, 0.3) is 0 Å². The molecule has 0 unspecified atom stereocenters. The van der Waals surface area contributed by atoms with Crippen LogP contribution in [0, 0.1) is 20.8 Å². The van der Waals surface area contributed by atoms with Crippen molar-refractivity contribution in [1.82, 2.24) is 10.9 Å². The van der Waals surface area contributed by atoms with E-state index < -0.39 is 5.91 Å². The van der Waals surface area contributed by atoms with Crippen molar-refractivity contribution in [2.45, 2.75) is 20.8 Å². The van der Waals surface area contributed by atoms with Crippen molar-refractivity contribution in [2.24, 2.45) is 0 Å². The predicted octanol–water partition coefficient (Wildman–Crippen LogP) is 2.70. The third kappa shape index (κ3) is 3.88. The molecule has 0 saturated heterocycles. The zero-order chi connectivity index (χ0) is 17.0. The van der Waals surface area contributed by atoms with Crippen molar-refractivity contribution in [3.8, 4) is 5.75 Å². The van der Waals surface area contributed by atoms with Crippen molar-refractivity contribution in [2.75, 3.05) is 7.11 Å². The van der Waals surface area contributed by atoms with Gasteiger partial charge < -0.3 is 4.74 Å². The molecule has 0 aliphatic heterocycles. The van der Waals surface area contributed by atoms with Crippen LogP contribution in [-0.2, 0) is 0 Å². The van der Waals surface area contributed by atoms with Crippen LogP contribution in [0.2, 0.25) is 0 Å². The number of rotatable bonds is 3. The van der Waals surface area contributed by atoms with Gasteiger partial charge in [-0.1, -0.05) is 29.3 Å². The van der Waals surface area contributed by atoms with Crippen LogP contribution >= 0.6 is 0 Å². The molecule has 2 rings (SSSR count). The molecule has 0 radical (unpaired) electrons. The summed E-state index contributed by atoms with van der Waals surface area (Å²) in [5.74, 6) is -0.333. The van der Waals surface area contributed by atoms with Gasteiger partial charge in [0.1, 0.15) is 5.75 Å². The molecule has 0 saturated carbocycles. The fourth-order valence-corrected chi connectivity index (χ4v) is 2.32. The van der Waals surface area contributed by atoms with Crippen molar-refractivity contribution in [3.63, 3.8) is 0 Å². The zero-order valence-corrected chi connectivity index (χ0v) is 13.7. The Morgan fingerprint density at radius 3 is 2.00 bits per heavy atom. The second-order valence-corrected chi connectivity index (χ2v) is 5.43. The van der Waals surface area contributed by atoms with Crippen LogP contribution < -0.4 is 15.6 Å². The normalized spacial score (nSPS) is 10.1. The second-order valence-electron chi connectivity index (χ2n) is 5.43. The summed E-state index contributed by atoms with van der Waals surface area (Å²) >= 11 is 0. The highest BCUT2D eigenvalue weighted by molar-refractivity contribution is 6.01. The lowest BCUT2D eigenvalue weighted by Crippen LogP contribution is -2.42. The Kier molecular flexibility index (Phi) is 5.01. The zero-order valence-electron chi connectivity index (χ0n) is 13.7. The SMILES string of the molecule is COc1ccc(C)cc1C(=O)NNC(=O)c1ccc(C)cc1C. The molecule has 5 heteroatoms. The first kappa shape index (κ1) is 16.5. The number of ether oxygens (including phenoxy) is 1. The maximum absolute atomic E-state index is 12.2. The molecule has 0 atom stereocenters. The molecule has 2 N–H and O–H groups in total. The molecule has 0 aromatic heterocycles. The van der Waals surface area contributed by atoms with Gasteiger partial charge in [0.25, 0.3) is 11.8 Å². The van der Waals surface area contributed by atoms with Gasteiger partial charge in [-0.3, -0.25) is 20.4 Å². The van der Waals surface area contributed by atoms with E-state index in [-0.39, 0.29) is 5.91 Å². The molecule has 0 heterocycles. The number of hydrazine groups is 1. The summed E-state index contributed by atoms with van der Waals surface area (Å²) in [7, 11) is 1.50.